The predicted octanol–water partition coefficient (Wildman–Crippen LogP) is 2.59. The molecule has 1 unspecified atom stereocenters. The Morgan fingerprint density at radius 2 is 1.95 bits per heavy atom. The van der Waals surface area contributed by atoms with Gasteiger partial charge in [0.15, 0.2) is 0 Å². The van der Waals surface area contributed by atoms with Gasteiger partial charge in [-0.3, -0.25) is 9.59 Å². The molecule has 5 heteroatoms. The molecular formula is C14H16BrNO3. The van der Waals surface area contributed by atoms with Gasteiger partial charge < -0.3 is 9.64 Å². The standard InChI is InChI=1S/C14H16BrNO3/c1-8-4-11(5-9(2)13(8)15)16-7-10(6-12(16)17)14(18)19-3/h4-5,10H,6-7H2,1-3H3. The quantitative estimate of drug-likeness (QED) is 0.785. The van der Waals surface area contributed by atoms with Gasteiger partial charge in [0, 0.05) is 23.1 Å². The van der Waals surface area contributed by atoms with E-state index >= 15 is 0 Å². The Kier molecular flexibility index (Phi) is 3.94. The number of hydrogen-bond donors (Lipinski definition) is 0. The van der Waals surface area contributed by atoms with Crippen molar-refractivity contribution in [2.45, 2.75) is 20.3 Å². The summed E-state index contributed by atoms with van der Waals surface area (Å²) in [5.74, 6) is -0.709. The van der Waals surface area contributed by atoms with E-state index in [1.807, 2.05) is 26.0 Å². The molecule has 0 N–H and O–H groups in total. The number of esters is 1. The van der Waals surface area contributed by atoms with Crippen LogP contribution < -0.4 is 4.90 Å². The molecule has 1 aliphatic rings. The van der Waals surface area contributed by atoms with Crippen LogP contribution in [0.25, 0.3) is 0 Å². The average Bonchev–Trinajstić information content (AvgIpc) is 2.76. The smallest absolute Gasteiger partial charge is 0.311 e. The summed E-state index contributed by atoms with van der Waals surface area (Å²) in [6.07, 6.45) is 0.223. The molecule has 0 spiro atoms. The highest BCUT2D eigenvalue weighted by molar-refractivity contribution is 9.10. The van der Waals surface area contributed by atoms with Gasteiger partial charge in [-0.1, -0.05) is 15.9 Å². The molecule has 1 aromatic rings. The van der Waals surface area contributed by atoms with Crippen LogP contribution in [0.1, 0.15) is 17.5 Å². The molecule has 1 aliphatic heterocycles. The number of ether oxygens (including phenoxy) is 1. The lowest BCUT2D eigenvalue weighted by molar-refractivity contribution is -0.145. The largest absolute Gasteiger partial charge is 0.469 e. The highest BCUT2D eigenvalue weighted by atomic mass is 79.9. The molecule has 1 fully saturated rings. The summed E-state index contributed by atoms with van der Waals surface area (Å²) in [4.78, 5) is 25.2. The Morgan fingerprint density at radius 1 is 1.37 bits per heavy atom. The summed E-state index contributed by atoms with van der Waals surface area (Å²) in [6, 6.07) is 3.91. The third kappa shape index (κ3) is 2.66. The van der Waals surface area contributed by atoms with Crippen LogP contribution in [-0.4, -0.2) is 25.5 Å². The van der Waals surface area contributed by atoms with E-state index in [1.54, 1.807) is 4.90 Å². The van der Waals surface area contributed by atoms with Crippen LogP contribution in [0.3, 0.4) is 0 Å². The zero-order valence-electron chi connectivity index (χ0n) is 11.2. The molecule has 4 nitrogen and oxygen atoms in total. The summed E-state index contributed by atoms with van der Waals surface area (Å²) >= 11 is 3.51. The topological polar surface area (TPSA) is 46.6 Å². The number of amides is 1. The third-order valence-electron chi connectivity index (χ3n) is 3.39. The van der Waals surface area contributed by atoms with Crippen molar-refractivity contribution in [3.8, 4) is 0 Å². The second-order valence-corrected chi connectivity index (χ2v) is 5.62. The Balaban J connectivity index is 2.28. The molecule has 0 saturated carbocycles. The average molecular weight is 326 g/mol. The van der Waals surface area contributed by atoms with Crippen molar-refractivity contribution >= 4 is 33.5 Å². The number of benzene rings is 1. The van der Waals surface area contributed by atoms with Crippen LogP contribution >= 0.6 is 15.9 Å². The van der Waals surface area contributed by atoms with Gasteiger partial charge in [0.1, 0.15) is 0 Å². The minimum absolute atomic E-state index is 0.0310. The molecule has 19 heavy (non-hydrogen) atoms. The molecule has 0 aromatic heterocycles. The number of nitrogens with zero attached hydrogens (tertiary/aromatic N) is 1. The maximum absolute atomic E-state index is 12.0. The van der Waals surface area contributed by atoms with E-state index in [1.165, 1.54) is 7.11 Å². The fourth-order valence-corrected chi connectivity index (χ4v) is 2.59. The second kappa shape index (κ2) is 5.33. The Morgan fingerprint density at radius 3 is 2.47 bits per heavy atom. The summed E-state index contributed by atoms with van der Waals surface area (Å²) in [5.41, 5.74) is 2.99. The second-order valence-electron chi connectivity index (χ2n) is 4.82. The fourth-order valence-electron chi connectivity index (χ4n) is 2.36. The van der Waals surface area contributed by atoms with E-state index < -0.39 is 0 Å². The zero-order chi connectivity index (χ0) is 14.2. The normalized spacial score (nSPS) is 18.8. The lowest BCUT2D eigenvalue weighted by atomic mass is 10.1. The molecule has 1 heterocycles. The molecule has 1 atom stereocenters. The molecule has 1 amide bonds. The first-order valence-corrected chi connectivity index (χ1v) is 6.88. The Hall–Kier alpha value is -1.36. The van der Waals surface area contributed by atoms with Crippen molar-refractivity contribution < 1.29 is 14.3 Å². The number of anilines is 1. The molecule has 0 radical (unpaired) electrons. The van der Waals surface area contributed by atoms with E-state index in [-0.39, 0.29) is 24.2 Å². The zero-order valence-corrected chi connectivity index (χ0v) is 12.8. The molecule has 102 valence electrons. The van der Waals surface area contributed by atoms with Gasteiger partial charge in [-0.2, -0.15) is 0 Å². The van der Waals surface area contributed by atoms with Crippen molar-refractivity contribution in [3.63, 3.8) is 0 Å². The maximum Gasteiger partial charge on any atom is 0.311 e. The molecule has 2 rings (SSSR count). The summed E-state index contributed by atoms with van der Waals surface area (Å²) in [5, 5.41) is 0. The monoisotopic (exact) mass is 325 g/mol. The van der Waals surface area contributed by atoms with E-state index in [9.17, 15) is 9.59 Å². The van der Waals surface area contributed by atoms with Crippen LogP contribution in [0.15, 0.2) is 16.6 Å². The van der Waals surface area contributed by atoms with Crippen molar-refractivity contribution in [3.05, 3.63) is 27.7 Å². The molecule has 1 aromatic carbocycles. The first-order chi connectivity index (χ1) is 8.93. The predicted molar refractivity (Wildman–Crippen MR) is 76.1 cm³/mol. The maximum atomic E-state index is 12.0. The van der Waals surface area contributed by atoms with Crippen LogP contribution in [-0.2, 0) is 14.3 Å². The molecule has 1 saturated heterocycles. The van der Waals surface area contributed by atoms with E-state index in [2.05, 4.69) is 15.9 Å². The lowest BCUT2D eigenvalue weighted by Crippen LogP contribution is -2.26. The Labute approximate surface area is 120 Å². The van der Waals surface area contributed by atoms with Crippen LogP contribution in [0.4, 0.5) is 5.69 Å². The molecular weight excluding hydrogens is 310 g/mol. The van der Waals surface area contributed by atoms with Crippen LogP contribution in [0.2, 0.25) is 0 Å². The summed E-state index contributed by atoms with van der Waals surface area (Å²) in [7, 11) is 1.35. The minimum Gasteiger partial charge on any atom is -0.469 e. The van der Waals surface area contributed by atoms with Gasteiger partial charge in [-0.05, 0) is 37.1 Å². The highest BCUT2D eigenvalue weighted by Crippen LogP contribution is 2.31. The van der Waals surface area contributed by atoms with Crippen LogP contribution in [0.5, 0.6) is 0 Å². The van der Waals surface area contributed by atoms with Crippen molar-refractivity contribution in [2.75, 3.05) is 18.6 Å². The van der Waals surface area contributed by atoms with Gasteiger partial charge in [-0.25, -0.2) is 0 Å². The number of carbonyl (C=O) groups excluding carboxylic acids is 2. The van der Waals surface area contributed by atoms with Gasteiger partial charge in [0.25, 0.3) is 0 Å². The van der Waals surface area contributed by atoms with Crippen molar-refractivity contribution in [2.24, 2.45) is 5.92 Å². The molecule has 0 bridgehead atoms. The highest BCUT2D eigenvalue weighted by Gasteiger charge is 2.35. The minimum atomic E-state index is -0.359. The number of rotatable bonds is 2. The number of carbonyl (C=O) groups is 2. The van der Waals surface area contributed by atoms with Gasteiger partial charge in [-0.15, -0.1) is 0 Å². The summed E-state index contributed by atoms with van der Waals surface area (Å²) < 4.78 is 5.76. The van der Waals surface area contributed by atoms with Gasteiger partial charge in [0.05, 0.1) is 13.0 Å². The van der Waals surface area contributed by atoms with E-state index in [0.717, 1.165) is 21.3 Å². The van der Waals surface area contributed by atoms with E-state index in [0.29, 0.717) is 6.54 Å². The number of methoxy groups -OCH3 is 1. The van der Waals surface area contributed by atoms with Crippen molar-refractivity contribution in [1.82, 2.24) is 0 Å². The van der Waals surface area contributed by atoms with Crippen LogP contribution in [0, 0.1) is 19.8 Å². The van der Waals surface area contributed by atoms with E-state index in [4.69, 9.17) is 4.74 Å². The Bertz CT molecular complexity index is 518. The summed E-state index contributed by atoms with van der Waals surface area (Å²) in [6.45, 7) is 4.36. The number of halogens is 1. The number of hydrogen-bond acceptors (Lipinski definition) is 3. The van der Waals surface area contributed by atoms with Gasteiger partial charge in [0.2, 0.25) is 5.91 Å². The third-order valence-corrected chi connectivity index (χ3v) is 4.64. The number of aryl methyl sites for hydroxylation is 2. The van der Waals surface area contributed by atoms with Crippen molar-refractivity contribution in [1.29, 1.82) is 0 Å². The lowest BCUT2D eigenvalue weighted by Gasteiger charge is -2.18. The fraction of sp³-hybridized carbons (Fsp3) is 0.429. The molecule has 0 aliphatic carbocycles. The van der Waals surface area contributed by atoms with Gasteiger partial charge >= 0.3 is 5.97 Å². The first-order valence-electron chi connectivity index (χ1n) is 6.09. The first kappa shape index (κ1) is 14.1. The SMILES string of the molecule is COC(=O)C1CC(=O)N(c2cc(C)c(Br)c(C)c2)C1.